The van der Waals surface area contributed by atoms with E-state index in [1.165, 1.54) is 0 Å². The van der Waals surface area contributed by atoms with Gasteiger partial charge in [-0.25, -0.2) is 0 Å². The Balaban J connectivity index is 1.49. The third kappa shape index (κ3) is 4.10. The van der Waals surface area contributed by atoms with Crippen LogP contribution in [-0.4, -0.2) is 43.6 Å². The molecule has 0 saturated heterocycles. The number of methoxy groups -OCH3 is 1. The zero-order valence-corrected chi connectivity index (χ0v) is 10.7. The standard InChI is InChI=1S/C13H21NO4/c1-16-13-5-10(6-13)14-7-11(15)8-17-9-12-3-2-4-18-12/h2-4,10-11,13-15H,5-9H2,1H3. The monoisotopic (exact) mass is 255 g/mol. The molecule has 102 valence electrons. The molecule has 2 rings (SSSR count). The van der Waals surface area contributed by atoms with Crippen molar-refractivity contribution in [3.05, 3.63) is 24.2 Å². The molecule has 0 spiro atoms. The molecular weight excluding hydrogens is 234 g/mol. The smallest absolute Gasteiger partial charge is 0.129 e. The Morgan fingerprint density at radius 2 is 2.39 bits per heavy atom. The van der Waals surface area contributed by atoms with Gasteiger partial charge in [-0.15, -0.1) is 0 Å². The van der Waals surface area contributed by atoms with E-state index in [0.29, 0.717) is 31.9 Å². The van der Waals surface area contributed by atoms with Crippen LogP contribution in [0, 0.1) is 0 Å². The molecule has 18 heavy (non-hydrogen) atoms. The van der Waals surface area contributed by atoms with E-state index in [4.69, 9.17) is 13.9 Å². The third-order valence-corrected chi connectivity index (χ3v) is 3.20. The zero-order valence-electron chi connectivity index (χ0n) is 10.7. The van der Waals surface area contributed by atoms with Crippen LogP contribution in [0.2, 0.25) is 0 Å². The maximum Gasteiger partial charge on any atom is 0.129 e. The van der Waals surface area contributed by atoms with Crippen LogP contribution in [0.4, 0.5) is 0 Å². The van der Waals surface area contributed by atoms with Crippen molar-refractivity contribution in [2.45, 2.75) is 37.7 Å². The van der Waals surface area contributed by atoms with Crippen LogP contribution in [0.25, 0.3) is 0 Å². The Morgan fingerprint density at radius 3 is 3.06 bits per heavy atom. The average Bonchev–Trinajstić information content (AvgIpc) is 2.80. The summed E-state index contributed by atoms with van der Waals surface area (Å²) >= 11 is 0. The number of hydrogen-bond acceptors (Lipinski definition) is 5. The summed E-state index contributed by atoms with van der Waals surface area (Å²) in [5.41, 5.74) is 0. The molecule has 1 aliphatic carbocycles. The number of aliphatic hydroxyl groups is 1. The Labute approximate surface area is 107 Å². The molecule has 2 N–H and O–H groups in total. The second-order valence-electron chi connectivity index (χ2n) is 4.68. The van der Waals surface area contributed by atoms with Crippen LogP contribution in [0.5, 0.6) is 0 Å². The van der Waals surface area contributed by atoms with Crippen molar-refractivity contribution >= 4 is 0 Å². The molecule has 5 heteroatoms. The quantitative estimate of drug-likeness (QED) is 0.723. The van der Waals surface area contributed by atoms with Crippen LogP contribution in [-0.2, 0) is 16.1 Å². The van der Waals surface area contributed by atoms with E-state index in [9.17, 15) is 5.11 Å². The van der Waals surface area contributed by atoms with Gasteiger partial charge in [0.2, 0.25) is 0 Å². The molecule has 1 unspecified atom stereocenters. The summed E-state index contributed by atoms with van der Waals surface area (Å²) in [5, 5.41) is 13.0. The van der Waals surface area contributed by atoms with Crippen molar-refractivity contribution in [3.8, 4) is 0 Å². The summed E-state index contributed by atoms with van der Waals surface area (Å²) in [5.74, 6) is 0.775. The van der Waals surface area contributed by atoms with E-state index in [-0.39, 0.29) is 0 Å². The summed E-state index contributed by atoms with van der Waals surface area (Å²) in [6, 6.07) is 4.14. The Kier molecular flexibility index (Phi) is 5.19. The molecule has 1 fully saturated rings. The van der Waals surface area contributed by atoms with Crippen LogP contribution >= 0.6 is 0 Å². The topological polar surface area (TPSA) is 63.9 Å². The van der Waals surface area contributed by atoms with Gasteiger partial charge in [0.15, 0.2) is 0 Å². The van der Waals surface area contributed by atoms with Crippen LogP contribution in [0.3, 0.4) is 0 Å². The minimum absolute atomic E-state index is 0.314. The molecule has 1 saturated carbocycles. The normalized spacial score (nSPS) is 24.8. The first-order chi connectivity index (χ1) is 8.78. The van der Waals surface area contributed by atoms with Gasteiger partial charge in [0.1, 0.15) is 12.4 Å². The predicted octanol–water partition coefficient (Wildman–Crippen LogP) is 0.924. The predicted molar refractivity (Wildman–Crippen MR) is 66.2 cm³/mol. The third-order valence-electron chi connectivity index (χ3n) is 3.20. The van der Waals surface area contributed by atoms with Gasteiger partial charge in [-0.1, -0.05) is 0 Å². The van der Waals surface area contributed by atoms with E-state index < -0.39 is 6.10 Å². The Hall–Kier alpha value is -0.880. The van der Waals surface area contributed by atoms with Gasteiger partial charge in [0, 0.05) is 19.7 Å². The maximum absolute atomic E-state index is 9.72. The first-order valence-electron chi connectivity index (χ1n) is 6.32. The fraction of sp³-hybridized carbons (Fsp3) is 0.692. The molecule has 1 heterocycles. The fourth-order valence-corrected chi connectivity index (χ4v) is 1.98. The molecule has 5 nitrogen and oxygen atoms in total. The molecule has 0 bridgehead atoms. The molecule has 1 aromatic rings. The summed E-state index contributed by atoms with van der Waals surface area (Å²) in [4.78, 5) is 0. The van der Waals surface area contributed by atoms with Crippen LogP contribution < -0.4 is 5.32 Å². The van der Waals surface area contributed by atoms with Crippen molar-refractivity contribution < 1.29 is 19.0 Å². The van der Waals surface area contributed by atoms with Crippen molar-refractivity contribution in [2.75, 3.05) is 20.3 Å². The molecule has 1 aliphatic rings. The lowest BCUT2D eigenvalue weighted by Gasteiger charge is -2.35. The molecule has 1 atom stereocenters. The van der Waals surface area contributed by atoms with Gasteiger partial charge in [0.05, 0.1) is 25.1 Å². The number of hydrogen-bond donors (Lipinski definition) is 2. The number of nitrogens with one attached hydrogen (secondary N) is 1. The highest BCUT2D eigenvalue weighted by Gasteiger charge is 2.28. The van der Waals surface area contributed by atoms with Crippen molar-refractivity contribution in [2.24, 2.45) is 0 Å². The van der Waals surface area contributed by atoms with E-state index in [1.54, 1.807) is 13.4 Å². The summed E-state index contributed by atoms with van der Waals surface area (Å²) in [6.45, 7) is 1.27. The molecule has 0 aromatic carbocycles. The summed E-state index contributed by atoms with van der Waals surface area (Å²) in [6.07, 6.45) is 3.56. The highest BCUT2D eigenvalue weighted by Crippen LogP contribution is 2.22. The van der Waals surface area contributed by atoms with Crippen LogP contribution in [0.15, 0.2) is 22.8 Å². The Bertz CT molecular complexity index is 322. The Morgan fingerprint density at radius 1 is 1.56 bits per heavy atom. The molecule has 0 radical (unpaired) electrons. The highest BCUT2D eigenvalue weighted by molar-refractivity contribution is 4.96. The summed E-state index contributed by atoms with van der Waals surface area (Å²) in [7, 11) is 1.73. The van der Waals surface area contributed by atoms with Crippen molar-refractivity contribution in [3.63, 3.8) is 0 Å². The first kappa shape index (κ1) is 13.5. The second kappa shape index (κ2) is 6.89. The molecule has 1 aromatic heterocycles. The molecule has 0 aliphatic heterocycles. The zero-order chi connectivity index (χ0) is 12.8. The number of rotatable bonds is 8. The lowest BCUT2D eigenvalue weighted by molar-refractivity contribution is 0.000105. The van der Waals surface area contributed by atoms with E-state index in [0.717, 1.165) is 18.6 Å². The van der Waals surface area contributed by atoms with E-state index in [2.05, 4.69) is 5.32 Å². The van der Waals surface area contributed by atoms with Gasteiger partial charge in [0.25, 0.3) is 0 Å². The lowest BCUT2D eigenvalue weighted by atomic mass is 9.89. The van der Waals surface area contributed by atoms with Gasteiger partial charge in [-0.2, -0.15) is 0 Å². The second-order valence-corrected chi connectivity index (χ2v) is 4.68. The lowest BCUT2D eigenvalue weighted by Crippen LogP contribution is -2.47. The highest BCUT2D eigenvalue weighted by atomic mass is 16.5. The molecular formula is C13H21NO4. The first-order valence-corrected chi connectivity index (χ1v) is 6.32. The minimum atomic E-state index is -0.485. The number of furan rings is 1. The molecule has 0 amide bonds. The largest absolute Gasteiger partial charge is 0.467 e. The van der Waals surface area contributed by atoms with Gasteiger partial charge < -0.3 is 24.3 Å². The van der Waals surface area contributed by atoms with Gasteiger partial charge in [-0.3, -0.25) is 0 Å². The van der Waals surface area contributed by atoms with Crippen molar-refractivity contribution in [1.29, 1.82) is 0 Å². The van der Waals surface area contributed by atoms with Gasteiger partial charge in [-0.05, 0) is 25.0 Å². The van der Waals surface area contributed by atoms with E-state index >= 15 is 0 Å². The number of ether oxygens (including phenoxy) is 2. The maximum atomic E-state index is 9.72. The SMILES string of the molecule is COC1CC(NCC(O)COCc2ccco2)C1. The fourth-order valence-electron chi connectivity index (χ4n) is 1.98. The summed E-state index contributed by atoms with van der Waals surface area (Å²) < 4.78 is 15.7. The average molecular weight is 255 g/mol. The van der Waals surface area contributed by atoms with Crippen LogP contribution in [0.1, 0.15) is 18.6 Å². The van der Waals surface area contributed by atoms with Gasteiger partial charge >= 0.3 is 0 Å². The van der Waals surface area contributed by atoms with E-state index in [1.807, 2.05) is 12.1 Å². The minimum Gasteiger partial charge on any atom is -0.467 e. The number of aliphatic hydroxyl groups excluding tert-OH is 1. The van der Waals surface area contributed by atoms with Crippen molar-refractivity contribution in [1.82, 2.24) is 5.32 Å².